The summed E-state index contributed by atoms with van der Waals surface area (Å²) in [6.07, 6.45) is 1.69. The Morgan fingerprint density at radius 2 is 2.10 bits per heavy atom. The molecule has 31 heavy (non-hydrogen) atoms. The molecular weight excluding hydrogens is 414 g/mol. The highest BCUT2D eigenvalue weighted by Gasteiger charge is 2.13. The standard InChI is InChI=1S/C22H21N5O3S/c1-3-27-13-24-26-21(27)15-5-4-6-17(9-15)25-22(28)16-7-8-19(20(10-16)29-2)30-11-18-12-31-14-23-18/h4-10,12-14H,3,11H2,1-2H3,(H,25,28). The van der Waals surface area contributed by atoms with E-state index in [1.54, 1.807) is 37.1 Å². The summed E-state index contributed by atoms with van der Waals surface area (Å²) in [7, 11) is 1.54. The fourth-order valence-electron chi connectivity index (χ4n) is 3.04. The molecule has 4 aromatic rings. The summed E-state index contributed by atoms with van der Waals surface area (Å²) in [5, 5.41) is 13.0. The Balaban J connectivity index is 1.49. The summed E-state index contributed by atoms with van der Waals surface area (Å²) in [5.74, 6) is 1.53. The van der Waals surface area contributed by atoms with Crippen LogP contribution in [0.15, 0.2) is 59.7 Å². The smallest absolute Gasteiger partial charge is 0.255 e. The van der Waals surface area contributed by atoms with Crippen LogP contribution in [0.3, 0.4) is 0 Å². The predicted octanol–water partition coefficient (Wildman–Crippen LogP) is 4.26. The van der Waals surface area contributed by atoms with E-state index in [0.29, 0.717) is 29.4 Å². The fourth-order valence-corrected chi connectivity index (χ4v) is 3.58. The molecule has 0 saturated carbocycles. The van der Waals surface area contributed by atoms with Gasteiger partial charge in [0.05, 0.1) is 18.3 Å². The van der Waals surface area contributed by atoms with Gasteiger partial charge in [0.15, 0.2) is 17.3 Å². The Kier molecular flexibility index (Phi) is 6.23. The van der Waals surface area contributed by atoms with E-state index in [1.807, 2.05) is 41.1 Å². The lowest BCUT2D eigenvalue weighted by atomic mass is 10.1. The number of amides is 1. The molecule has 0 bridgehead atoms. The van der Waals surface area contributed by atoms with Crippen LogP contribution in [-0.4, -0.2) is 32.8 Å². The van der Waals surface area contributed by atoms with Crippen molar-refractivity contribution < 1.29 is 14.3 Å². The average Bonchev–Trinajstić information content (AvgIpc) is 3.49. The maximum absolute atomic E-state index is 12.8. The van der Waals surface area contributed by atoms with Crippen LogP contribution >= 0.6 is 11.3 Å². The van der Waals surface area contributed by atoms with Gasteiger partial charge in [0.25, 0.3) is 5.91 Å². The molecule has 9 heteroatoms. The van der Waals surface area contributed by atoms with E-state index in [2.05, 4.69) is 20.5 Å². The Labute approximate surface area is 183 Å². The van der Waals surface area contributed by atoms with Crippen molar-refractivity contribution in [1.29, 1.82) is 0 Å². The van der Waals surface area contributed by atoms with Crippen LogP contribution in [0, 0.1) is 0 Å². The summed E-state index contributed by atoms with van der Waals surface area (Å²) in [4.78, 5) is 17.0. The predicted molar refractivity (Wildman–Crippen MR) is 119 cm³/mol. The topological polar surface area (TPSA) is 91.2 Å². The molecule has 0 spiro atoms. The molecule has 0 fully saturated rings. The lowest BCUT2D eigenvalue weighted by molar-refractivity contribution is 0.102. The lowest BCUT2D eigenvalue weighted by Crippen LogP contribution is -2.12. The first-order chi connectivity index (χ1) is 15.2. The van der Waals surface area contributed by atoms with E-state index in [9.17, 15) is 4.79 Å². The highest BCUT2D eigenvalue weighted by molar-refractivity contribution is 7.07. The van der Waals surface area contributed by atoms with Gasteiger partial charge in [-0.25, -0.2) is 4.98 Å². The van der Waals surface area contributed by atoms with Gasteiger partial charge >= 0.3 is 0 Å². The minimum absolute atomic E-state index is 0.251. The number of aryl methyl sites for hydroxylation is 1. The van der Waals surface area contributed by atoms with E-state index < -0.39 is 0 Å². The van der Waals surface area contributed by atoms with E-state index in [1.165, 1.54) is 11.3 Å². The largest absolute Gasteiger partial charge is 0.493 e. The van der Waals surface area contributed by atoms with Crippen LogP contribution in [0.1, 0.15) is 23.0 Å². The molecule has 0 saturated heterocycles. The summed E-state index contributed by atoms with van der Waals surface area (Å²) < 4.78 is 13.1. The third-order valence-electron chi connectivity index (χ3n) is 4.62. The van der Waals surface area contributed by atoms with Crippen molar-refractivity contribution in [2.75, 3.05) is 12.4 Å². The Bertz CT molecular complexity index is 1170. The summed E-state index contributed by atoms with van der Waals surface area (Å²) in [6.45, 7) is 3.12. The monoisotopic (exact) mass is 435 g/mol. The molecule has 0 atom stereocenters. The molecular formula is C22H21N5O3S. The second-order valence-electron chi connectivity index (χ2n) is 6.61. The normalized spacial score (nSPS) is 10.6. The first kappa shape index (κ1) is 20.5. The molecule has 0 aliphatic rings. The minimum Gasteiger partial charge on any atom is -0.493 e. The molecule has 1 amide bonds. The molecule has 8 nitrogen and oxygen atoms in total. The SMILES string of the molecule is CCn1cnnc1-c1cccc(NC(=O)c2ccc(OCc3cscn3)c(OC)c2)c1. The number of rotatable bonds is 8. The Morgan fingerprint density at radius 1 is 1.19 bits per heavy atom. The number of benzene rings is 2. The van der Waals surface area contributed by atoms with Gasteiger partial charge in [0.1, 0.15) is 12.9 Å². The van der Waals surface area contributed by atoms with Crippen LogP contribution in [0.4, 0.5) is 5.69 Å². The maximum atomic E-state index is 12.8. The van der Waals surface area contributed by atoms with Gasteiger partial charge in [-0.15, -0.1) is 21.5 Å². The molecule has 0 aliphatic carbocycles. The first-order valence-corrected chi connectivity index (χ1v) is 10.6. The van der Waals surface area contributed by atoms with Crippen molar-refractivity contribution in [1.82, 2.24) is 19.7 Å². The number of anilines is 1. The summed E-state index contributed by atoms with van der Waals surface area (Å²) >= 11 is 1.51. The fraction of sp³-hybridized carbons (Fsp3) is 0.182. The highest BCUT2D eigenvalue weighted by Crippen LogP contribution is 2.29. The number of carbonyl (C=O) groups is 1. The van der Waals surface area contributed by atoms with Crippen LogP contribution < -0.4 is 14.8 Å². The van der Waals surface area contributed by atoms with Gasteiger partial charge < -0.3 is 19.4 Å². The van der Waals surface area contributed by atoms with Crippen molar-refractivity contribution >= 4 is 22.9 Å². The number of ether oxygens (including phenoxy) is 2. The van der Waals surface area contributed by atoms with Gasteiger partial charge in [0.2, 0.25) is 0 Å². The number of hydrogen-bond acceptors (Lipinski definition) is 7. The summed E-state index contributed by atoms with van der Waals surface area (Å²) in [5.41, 5.74) is 4.59. The average molecular weight is 436 g/mol. The molecule has 2 aromatic carbocycles. The molecule has 1 N–H and O–H groups in total. The number of hydrogen-bond donors (Lipinski definition) is 1. The van der Waals surface area contributed by atoms with Gasteiger partial charge in [0, 0.05) is 28.7 Å². The van der Waals surface area contributed by atoms with Crippen LogP contribution in [0.2, 0.25) is 0 Å². The van der Waals surface area contributed by atoms with Crippen LogP contribution in [0.5, 0.6) is 11.5 Å². The molecule has 0 radical (unpaired) electrons. The van der Waals surface area contributed by atoms with Crippen molar-refractivity contribution in [3.63, 3.8) is 0 Å². The van der Waals surface area contributed by atoms with Crippen molar-refractivity contribution in [2.45, 2.75) is 20.1 Å². The highest BCUT2D eigenvalue weighted by atomic mass is 32.1. The van der Waals surface area contributed by atoms with Gasteiger partial charge in [-0.1, -0.05) is 12.1 Å². The van der Waals surface area contributed by atoms with E-state index in [4.69, 9.17) is 9.47 Å². The molecule has 0 unspecified atom stereocenters. The second kappa shape index (κ2) is 9.40. The zero-order valence-corrected chi connectivity index (χ0v) is 17.9. The lowest BCUT2D eigenvalue weighted by Gasteiger charge is -2.12. The van der Waals surface area contributed by atoms with Crippen molar-refractivity contribution in [3.8, 4) is 22.9 Å². The maximum Gasteiger partial charge on any atom is 0.255 e. The Morgan fingerprint density at radius 3 is 2.87 bits per heavy atom. The van der Waals surface area contributed by atoms with Crippen molar-refractivity contribution in [3.05, 3.63) is 70.9 Å². The zero-order chi connectivity index (χ0) is 21.6. The first-order valence-electron chi connectivity index (χ1n) is 9.65. The number of carbonyl (C=O) groups excluding carboxylic acids is 1. The third-order valence-corrected chi connectivity index (χ3v) is 5.25. The van der Waals surface area contributed by atoms with Gasteiger partial charge in [-0.3, -0.25) is 4.79 Å². The van der Waals surface area contributed by atoms with Crippen LogP contribution in [-0.2, 0) is 13.2 Å². The minimum atomic E-state index is -0.251. The summed E-state index contributed by atoms with van der Waals surface area (Å²) in [6, 6.07) is 12.6. The van der Waals surface area contributed by atoms with Crippen molar-refractivity contribution in [2.24, 2.45) is 0 Å². The number of methoxy groups -OCH3 is 1. The third kappa shape index (κ3) is 4.72. The molecule has 158 valence electrons. The van der Waals surface area contributed by atoms with Crippen LogP contribution in [0.25, 0.3) is 11.4 Å². The number of aromatic nitrogens is 4. The van der Waals surface area contributed by atoms with E-state index in [0.717, 1.165) is 23.6 Å². The number of thiazole rings is 1. The Hall–Kier alpha value is -3.72. The number of nitrogens with zero attached hydrogens (tertiary/aromatic N) is 4. The molecule has 2 aromatic heterocycles. The molecule has 2 heterocycles. The van der Waals surface area contributed by atoms with Gasteiger partial charge in [-0.2, -0.15) is 0 Å². The zero-order valence-electron chi connectivity index (χ0n) is 17.1. The number of nitrogens with one attached hydrogen (secondary N) is 1. The molecule has 4 rings (SSSR count). The quantitative estimate of drug-likeness (QED) is 0.445. The molecule has 0 aliphatic heterocycles. The van der Waals surface area contributed by atoms with Gasteiger partial charge in [-0.05, 0) is 37.3 Å². The van der Waals surface area contributed by atoms with E-state index in [-0.39, 0.29) is 5.91 Å². The second-order valence-corrected chi connectivity index (χ2v) is 7.33. The van der Waals surface area contributed by atoms with E-state index >= 15 is 0 Å².